The first-order valence-corrected chi connectivity index (χ1v) is 27.6. The minimum atomic E-state index is -2.42. The molecule has 7 saturated heterocycles. The van der Waals surface area contributed by atoms with Crippen molar-refractivity contribution in [3.63, 3.8) is 0 Å². The van der Waals surface area contributed by atoms with Crippen LogP contribution in [0.3, 0.4) is 0 Å². The topological polar surface area (TPSA) is 612 Å². The number of carbonyl (C=O) groups is 3. The van der Waals surface area contributed by atoms with Crippen LogP contribution >= 0.6 is 0 Å². The van der Waals surface area contributed by atoms with Crippen molar-refractivity contribution in [2.24, 2.45) is 0 Å². The highest BCUT2D eigenvalue weighted by Gasteiger charge is 2.59. The highest BCUT2D eigenvalue weighted by atomic mass is 16.8. The quantitative estimate of drug-likeness (QED) is 0.0479. The first kappa shape index (κ1) is 71.5. The zero-order valence-electron chi connectivity index (χ0n) is 46.6. The van der Waals surface area contributed by atoms with E-state index >= 15 is 0 Å². The fraction of sp³-hybridized carbons (Fsp3) is 0.938. The van der Waals surface area contributed by atoms with Crippen molar-refractivity contribution in [3.8, 4) is 0 Å². The summed E-state index contributed by atoms with van der Waals surface area (Å²) < 4.78 is 75.5. The SMILES string of the molecule is CC(=O)N[C@@H]1[C@@H](O)[C@H](O[C@@H]2O[C@H](CO)[C@@H](O[C@@H]3O[C@H](CO[C@H]4O[C@H](CO)[C@@H](O)[C@H](O)[C@@H]4O)[C@@H](O)[C@H](O[C@H]4O[C@H](CO)[C@@H](O)[C@H](O)[C@@H]4O[C@@H]4O[C@H](CO)[C@@H](O[C@@H]5O[C@H](CO)[C@@H](O)[C@H](O)[C@H]5O)[C@H](O)[C@H]4NC(C)=O)[C@@H]3O)[C@H](O)[C@H]2NC(C)=O)[C@@H](CO)O[C@H]1O. The van der Waals surface area contributed by atoms with Gasteiger partial charge in [-0.1, -0.05) is 0 Å². The average molecular weight is 1280 g/mol. The Labute approximate surface area is 492 Å². The molecule has 0 aromatic rings. The van der Waals surface area contributed by atoms with Gasteiger partial charge in [-0.3, -0.25) is 14.4 Å². The van der Waals surface area contributed by atoms with Crippen LogP contribution in [0.1, 0.15) is 20.8 Å². The molecule has 23 N–H and O–H groups in total. The van der Waals surface area contributed by atoms with Gasteiger partial charge in [-0.25, -0.2) is 0 Å². The van der Waals surface area contributed by atoms with E-state index in [0.717, 1.165) is 20.8 Å². The molecule has 87 heavy (non-hydrogen) atoms. The summed E-state index contributed by atoms with van der Waals surface area (Å²) in [5, 5.41) is 224. The number of hydrogen-bond donors (Lipinski definition) is 23. The van der Waals surface area contributed by atoms with E-state index in [4.69, 9.17) is 61.6 Å². The van der Waals surface area contributed by atoms with E-state index in [-0.39, 0.29) is 0 Å². The standard InChI is InChI=1S/C48H81N3O36/c1-11(58)49-21-28(65)37(17(7-55)76-42(21)74)83-43-22(50-12(2)59)29(66)39(19(9-57)80-43)85-47-36(73)40(27(64)20(82-47)10-75-45-34(71)31(68)24(61)14(4-52)77-45)86-48-41(33(70)26(63)16(6-54)79-48)87-44-23(51-13(3)60)30(67)38(18(8-56)81-44)84-46-35(72)32(69)25(62)15(5-53)78-46/h14-48,52-57,61-74H,4-10H2,1-3H3,(H,49,58)(H,50,59)(H,51,60)/t14-,15-,16-,17-,18-,19-,20-,21-,22-,23-,24-,25-,26-,27-,28-,29-,30-,31+,32+,33+,34+,35-,36+,37-,38-,39-,40+,41+,42-,43+,44+,45+,46+,47+,48-/m1/s1. The molecule has 0 aliphatic carbocycles. The van der Waals surface area contributed by atoms with Gasteiger partial charge in [-0.05, 0) is 0 Å². The fourth-order valence-corrected chi connectivity index (χ4v) is 11.1. The lowest BCUT2D eigenvalue weighted by Crippen LogP contribution is -2.71. The Morgan fingerprint density at radius 3 is 1.07 bits per heavy atom. The molecule has 0 unspecified atom stereocenters. The minimum absolute atomic E-state index is 0.742. The van der Waals surface area contributed by atoms with E-state index in [0.29, 0.717) is 0 Å². The van der Waals surface area contributed by atoms with Crippen LogP contribution in [0.15, 0.2) is 0 Å². The summed E-state index contributed by atoms with van der Waals surface area (Å²) in [6.45, 7) is -4.02. The lowest BCUT2D eigenvalue weighted by atomic mass is 9.93. The molecule has 0 aromatic carbocycles. The summed E-state index contributed by atoms with van der Waals surface area (Å²) in [4.78, 5) is 37.4. The number of aliphatic hydroxyl groups excluding tert-OH is 20. The molecule has 7 heterocycles. The largest absolute Gasteiger partial charge is 0.394 e. The molecule has 0 saturated carbocycles. The van der Waals surface area contributed by atoms with Crippen molar-refractivity contribution >= 4 is 17.7 Å². The van der Waals surface area contributed by atoms with E-state index in [1.807, 2.05) is 0 Å². The van der Waals surface area contributed by atoms with Crippen LogP contribution in [0.5, 0.6) is 0 Å². The third kappa shape index (κ3) is 15.8. The molecule has 7 rings (SSSR count). The molecule has 39 heteroatoms. The van der Waals surface area contributed by atoms with Crippen molar-refractivity contribution in [1.82, 2.24) is 16.0 Å². The van der Waals surface area contributed by atoms with Crippen molar-refractivity contribution in [3.05, 3.63) is 0 Å². The van der Waals surface area contributed by atoms with Gasteiger partial charge in [-0.15, -0.1) is 0 Å². The molecule has 504 valence electrons. The molecule has 0 radical (unpaired) electrons. The zero-order valence-corrected chi connectivity index (χ0v) is 46.6. The van der Waals surface area contributed by atoms with E-state index in [2.05, 4.69) is 16.0 Å². The van der Waals surface area contributed by atoms with Crippen LogP contribution in [0.25, 0.3) is 0 Å². The number of aliphatic hydroxyl groups is 20. The smallest absolute Gasteiger partial charge is 0.217 e. The maximum Gasteiger partial charge on any atom is 0.217 e. The van der Waals surface area contributed by atoms with E-state index < -0.39 is 279 Å². The first-order chi connectivity index (χ1) is 41.1. The number of ether oxygens (including phenoxy) is 13. The predicted molar refractivity (Wildman–Crippen MR) is 267 cm³/mol. The second-order valence-corrected chi connectivity index (χ2v) is 21.8. The molecule has 35 atom stereocenters. The van der Waals surface area contributed by atoms with Gasteiger partial charge in [0, 0.05) is 20.8 Å². The zero-order chi connectivity index (χ0) is 64.2. The van der Waals surface area contributed by atoms with Gasteiger partial charge in [0.05, 0.1) is 46.2 Å². The Kier molecular flexibility index (Phi) is 25.6. The van der Waals surface area contributed by atoms with Gasteiger partial charge in [0.15, 0.2) is 44.0 Å². The van der Waals surface area contributed by atoms with Gasteiger partial charge >= 0.3 is 0 Å². The second kappa shape index (κ2) is 31.1. The number of nitrogens with one attached hydrogen (secondary N) is 3. The normalized spacial score (nSPS) is 48.9. The molecule has 7 fully saturated rings. The number of hydrogen-bond acceptors (Lipinski definition) is 36. The molecule has 0 bridgehead atoms. The summed E-state index contributed by atoms with van der Waals surface area (Å²) in [7, 11) is 0. The molecular formula is C48H81N3O36. The third-order valence-electron chi connectivity index (χ3n) is 15.7. The lowest BCUT2D eigenvalue weighted by Gasteiger charge is -2.51. The van der Waals surface area contributed by atoms with Crippen molar-refractivity contribution in [1.29, 1.82) is 0 Å². The third-order valence-corrected chi connectivity index (χ3v) is 15.7. The van der Waals surface area contributed by atoms with Gasteiger partial charge in [-0.2, -0.15) is 0 Å². The Morgan fingerprint density at radius 1 is 0.299 bits per heavy atom. The Hall–Kier alpha value is -2.91. The van der Waals surface area contributed by atoms with Crippen LogP contribution in [-0.2, 0) is 76.0 Å². The molecule has 0 spiro atoms. The van der Waals surface area contributed by atoms with Gasteiger partial charge in [0.1, 0.15) is 171 Å². The molecule has 7 aliphatic rings. The Bertz CT molecular complexity index is 2190. The number of rotatable bonds is 22. The predicted octanol–water partition coefficient (Wildman–Crippen LogP) is -15.8. The van der Waals surface area contributed by atoms with Crippen LogP contribution < -0.4 is 16.0 Å². The van der Waals surface area contributed by atoms with Crippen LogP contribution in [0, 0.1) is 0 Å². The van der Waals surface area contributed by atoms with Crippen LogP contribution in [0.2, 0.25) is 0 Å². The summed E-state index contributed by atoms with van der Waals surface area (Å²) in [6, 6.07) is -5.25. The monoisotopic (exact) mass is 1280 g/mol. The van der Waals surface area contributed by atoms with Crippen LogP contribution in [-0.4, -0.2) is 381 Å². The lowest BCUT2D eigenvalue weighted by molar-refractivity contribution is -0.397. The summed E-state index contributed by atoms with van der Waals surface area (Å²) >= 11 is 0. The second-order valence-electron chi connectivity index (χ2n) is 21.8. The number of amides is 3. The Morgan fingerprint density at radius 2 is 0.621 bits per heavy atom. The highest BCUT2D eigenvalue weighted by molar-refractivity contribution is 5.74. The summed E-state index contributed by atoms with van der Waals surface area (Å²) in [5.74, 6) is -2.51. The van der Waals surface area contributed by atoms with Crippen molar-refractivity contribution in [2.45, 2.75) is 236 Å². The summed E-state index contributed by atoms with van der Waals surface area (Å²) in [6.07, 6.45) is -63.3. The summed E-state index contributed by atoms with van der Waals surface area (Å²) in [5.41, 5.74) is 0. The van der Waals surface area contributed by atoms with Gasteiger partial charge < -0.3 is 180 Å². The van der Waals surface area contributed by atoms with Crippen molar-refractivity contribution in [2.75, 3.05) is 46.2 Å². The van der Waals surface area contributed by atoms with Gasteiger partial charge in [0.2, 0.25) is 17.7 Å². The van der Waals surface area contributed by atoms with Crippen molar-refractivity contribution < 1.29 is 178 Å². The molecule has 39 nitrogen and oxygen atoms in total. The van der Waals surface area contributed by atoms with E-state index in [9.17, 15) is 117 Å². The maximum absolute atomic E-state index is 12.7. The molecular weight excluding hydrogens is 1190 g/mol. The molecule has 7 aliphatic heterocycles. The Balaban J connectivity index is 1.20. The average Bonchev–Trinajstić information content (AvgIpc) is 1.21. The first-order valence-electron chi connectivity index (χ1n) is 27.6. The molecule has 0 aromatic heterocycles. The molecule has 3 amide bonds. The van der Waals surface area contributed by atoms with E-state index in [1.54, 1.807) is 0 Å². The van der Waals surface area contributed by atoms with E-state index in [1.165, 1.54) is 0 Å². The van der Waals surface area contributed by atoms with Crippen LogP contribution in [0.4, 0.5) is 0 Å². The van der Waals surface area contributed by atoms with Gasteiger partial charge in [0.25, 0.3) is 0 Å². The highest BCUT2D eigenvalue weighted by Crippen LogP contribution is 2.38. The minimum Gasteiger partial charge on any atom is -0.394 e. The fourth-order valence-electron chi connectivity index (χ4n) is 11.1. The number of carbonyl (C=O) groups excluding carboxylic acids is 3. The maximum atomic E-state index is 12.7.